The van der Waals surface area contributed by atoms with Gasteiger partial charge in [0.15, 0.2) is 0 Å². The van der Waals surface area contributed by atoms with Crippen molar-refractivity contribution in [1.29, 1.82) is 0 Å². The molecular weight excluding hydrogens is 438 g/mol. The van der Waals surface area contributed by atoms with Gasteiger partial charge in [0, 0.05) is 22.3 Å². The fourth-order valence-electron chi connectivity index (χ4n) is 4.49. The van der Waals surface area contributed by atoms with Gasteiger partial charge in [0.1, 0.15) is 12.2 Å². The van der Waals surface area contributed by atoms with E-state index in [1.165, 1.54) is 6.33 Å². The van der Waals surface area contributed by atoms with Gasteiger partial charge in [0.25, 0.3) is 5.56 Å². The predicted molar refractivity (Wildman–Crippen MR) is 124 cm³/mol. The summed E-state index contributed by atoms with van der Waals surface area (Å²) in [6.07, 6.45) is 4.92. The maximum absolute atomic E-state index is 13.3. The lowest BCUT2D eigenvalue weighted by Crippen LogP contribution is -2.23. The Kier molecular flexibility index (Phi) is 4.66. The Labute approximate surface area is 193 Å². The number of hydrogen-bond acceptors (Lipinski definition) is 5. The van der Waals surface area contributed by atoms with E-state index in [0.29, 0.717) is 5.02 Å². The van der Waals surface area contributed by atoms with Crippen LogP contribution in [0.4, 0.5) is 0 Å². The van der Waals surface area contributed by atoms with Crippen molar-refractivity contribution >= 4 is 11.6 Å². The average molecular weight is 456 g/mol. The number of pyridine rings is 1. The van der Waals surface area contributed by atoms with E-state index in [0.717, 1.165) is 52.4 Å². The highest BCUT2D eigenvalue weighted by Gasteiger charge is 2.28. The molecule has 9 heteroatoms. The fraction of sp³-hybridized carbons (Fsp3) is 0.125. The van der Waals surface area contributed by atoms with E-state index < -0.39 is 0 Å². The van der Waals surface area contributed by atoms with Crippen LogP contribution >= 0.6 is 11.6 Å². The van der Waals surface area contributed by atoms with Crippen molar-refractivity contribution in [2.24, 2.45) is 0 Å². The summed E-state index contributed by atoms with van der Waals surface area (Å²) in [7, 11) is 0. The van der Waals surface area contributed by atoms with Gasteiger partial charge in [-0.1, -0.05) is 41.9 Å². The van der Waals surface area contributed by atoms with Crippen molar-refractivity contribution in [2.45, 2.75) is 18.9 Å². The number of aryl methyl sites for hydroxylation is 1. The van der Waals surface area contributed by atoms with E-state index in [9.17, 15) is 4.79 Å². The number of aromatic nitrogens is 7. The van der Waals surface area contributed by atoms with Crippen molar-refractivity contribution < 1.29 is 0 Å². The molecule has 1 atom stereocenters. The fourth-order valence-corrected chi connectivity index (χ4v) is 4.66. The van der Waals surface area contributed by atoms with Crippen LogP contribution in [-0.4, -0.2) is 34.7 Å². The number of hydrogen-bond donors (Lipinski definition) is 1. The number of nitrogens with zero attached hydrogens (tertiary/aromatic N) is 6. The largest absolute Gasteiger partial charge is 0.340 e. The summed E-state index contributed by atoms with van der Waals surface area (Å²) in [5.41, 5.74) is 5.21. The second-order valence-corrected chi connectivity index (χ2v) is 8.40. The number of benzene rings is 2. The van der Waals surface area contributed by atoms with Crippen LogP contribution in [0.1, 0.15) is 24.0 Å². The Morgan fingerprint density at radius 2 is 1.91 bits per heavy atom. The molecule has 4 heterocycles. The minimum atomic E-state index is -0.127. The molecule has 0 spiro atoms. The maximum atomic E-state index is 13.3. The molecule has 3 aromatic heterocycles. The normalized spacial score (nSPS) is 15.0. The molecule has 0 saturated heterocycles. The number of halogens is 1. The van der Waals surface area contributed by atoms with Crippen molar-refractivity contribution in [3.63, 3.8) is 0 Å². The molecule has 0 unspecified atom stereocenters. The van der Waals surface area contributed by atoms with Gasteiger partial charge < -0.3 is 9.55 Å². The maximum Gasteiger partial charge on any atom is 0.252 e. The van der Waals surface area contributed by atoms with Gasteiger partial charge >= 0.3 is 0 Å². The quantitative estimate of drug-likeness (QED) is 0.441. The molecule has 1 aliphatic heterocycles. The highest BCUT2D eigenvalue weighted by Crippen LogP contribution is 2.34. The molecular formula is C24H18ClN7O. The zero-order chi connectivity index (χ0) is 22.4. The highest BCUT2D eigenvalue weighted by atomic mass is 35.5. The first kappa shape index (κ1) is 19.6. The van der Waals surface area contributed by atoms with Crippen LogP contribution < -0.4 is 5.56 Å². The van der Waals surface area contributed by atoms with E-state index in [2.05, 4.69) is 25.5 Å². The Bertz CT molecular complexity index is 1510. The Balaban J connectivity index is 1.40. The van der Waals surface area contributed by atoms with E-state index in [4.69, 9.17) is 11.6 Å². The Morgan fingerprint density at radius 3 is 2.73 bits per heavy atom. The summed E-state index contributed by atoms with van der Waals surface area (Å²) in [5.74, 6) is 0.791. The lowest BCUT2D eigenvalue weighted by atomic mass is 10.0. The third kappa shape index (κ3) is 3.44. The van der Waals surface area contributed by atoms with E-state index in [1.54, 1.807) is 16.8 Å². The highest BCUT2D eigenvalue weighted by molar-refractivity contribution is 6.31. The Morgan fingerprint density at radius 1 is 1.03 bits per heavy atom. The van der Waals surface area contributed by atoms with Crippen molar-refractivity contribution in [3.05, 3.63) is 100 Å². The van der Waals surface area contributed by atoms with Crippen LogP contribution in [0, 0.1) is 0 Å². The topological polar surface area (TPSA) is 94.3 Å². The number of nitrogens with one attached hydrogen (secondary N) is 1. The number of fused-ring (bicyclic) bond motifs is 1. The number of aromatic amines is 1. The molecule has 0 amide bonds. The second-order valence-electron chi connectivity index (χ2n) is 7.96. The number of H-pyrrole nitrogens is 1. The lowest BCUT2D eigenvalue weighted by Gasteiger charge is -2.15. The van der Waals surface area contributed by atoms with Crippen molar-refractivity contribution in [1.82, 2.24) is 34.7 Å². The summed E-state index contributed by atoms with van der Waals surface area (Å²) < 4.78 is 3.39. The molecule has 162 valence electrons. The first-order chi connectivity index (χ1) is 16.2. The molecule has 2 aromatic carbocycles. The van der Waals surface area contributed by atoms with Gasteiger partial charge in [-0.25, -0.2) is 4.98 Å². The first-order valence-electron chi connectivity index (χ1n) is 10.6. The van der Waals surface area contributed by atoms with E-state index in [1.807, 2.05) is 59.3 Å². The summed E-state index contributed by atoms with van der Waals surface area (Å²) >= 11 is 6.28. The van der Waals surface area contributed by atoms with Crippen LogP contribution in [0.3, 0.4) is 0 Å². The third-order valence-electron chi connectivity index (χ3n) is 5.99. The van der Waals surface area contributed by atoms with Gasteiger partial charge in [-0.3, -0.25) is 4.79 Å². The van der Waals surface area contributed by atoms with Crippen molar-refractivity contribution in [2.75, 3.05) is 0 Å². The molecule has 0 radical (unpaired) electrons. The average Bonchev–Trinajstić information content (AvgIpc) is 3.60. The zero-order valence-corrected chi connectivity index (χ0v) is 18.1. The smallest absolute Gasteiger partial charge is 0.252 e. The van der Waals surface area contributed by atoms with Gasteiger partial charge in [0.05, 0.1) is 23.6 Å². The van der Waals surface area contributed by atoms with Gasteiger partial charge in [-0.2, -0.15) is 4.68 Å². The zero-order valence-electron chi connectivity index (χ0n) is 17.4. The summed E-state index contributed by atoms with van der Waals surface area (Å²) in [5, 5.41) is 12.0. The van der Waals surface area contributed by atoms with Crippen LogP contribution in [-0.2, 0) is 6.42 Å². The standard InChI is InChI=1S/C24H18ClN7O/c25-17-6-8-21(31-14-27-29-30-31)19(12-17)16-10-18-7-9-22(32(18)23(33)11-16)24-26-13-20(28-24)15-4-2-1-3-5-15/h1-6,8,10-14,22H,7,9H2,(H,26,28)/t22-/m0/s1. The van der Waals surface area contributed by atoms with E-state index >= 15 is 0 Å². The van der Waals surface area contributed by atoms with E-state index in [-0.39, 0.29) is 11.6 Å². The Hall–Kier alpha value is -4.04. The molecule has 8 nitrogen and oxygen atoms in total. The van der Waals surface area contributed by atoms with Crippen LogP contribution in [0.25, 0.3) is 28.1 Å². The molecule has 0 fully saturated rings. The van der Waals surface area contributed by atoms with Crippen LogP contribution in [0.2, 0.25) is 5.02 Å². The third-order valence-corrected chi connectivity index (χ3v) is 6.23. The van der Waals surface area contributed by atoms with Gasteiger partial charge in [0.2, 0.25) is 0 Å². The minimum absolute atomic E-state index is 0.0784. The molecule has 6 rings (SSSR count). The monoisotopic (exact) mass is 455 g/mol. The molecule has 0 bridgehead atoms. The second kappa shape index (κ2) is 7.83. The predicted octanol–water partition coefficient (Wildman–Crippen LogP) is 4.07. The summed E-state index contributed by atoms with van der Waals surface area (Å²) in [6, 6.07) is 19.0. The summed E-state index contributed by atoms with van der Waals surface area (Å²) in [4.78, 5) is 21.3. The van der Waals surface area contributed by atoms with Gasteiger partial charge in [-0.15, -0.1) is 5.10 Å². The number of tetrazole rings is 1. The molecule has 5 aromatic rings. The van der Waals surface area contributed by atoms with Crippen molar-refractivity contribution in [3.8, 4) is 28.1 Å². The van der Waals surface area contributed by atoms with Gasteiger partial charge in [-0.05, 0) is 58.7 Å². The first-order valence-corrected chi connectivity index (χ1v) is 10.9. The summed E-state index contributed by atoms with van der Waals surface area (Å²) in [6.45, 7) is 0. The molecule has 1 N–H and O–H groups in total. The molecule has 0 saturated carbocycles. The van der Waals surface area contributed by atoms with Crippen LogP contribution in [0.5, 0.6) is 0 Å². The molecule has 1 aliphatic rings. The molecule has 0 aliphatic carbocycles. The van der Waals surface area contributed by atoms with Crippen LogP contribution in [0.15, 0.2) is 78.0 Å². The molecule has 33 heavy (non-hydrogen) atoms. The minimum Gasteiger partial charge on any atom is -0.340 e. The SMILES string of the molecule is O=c1cc(-c2cc(Cl)ccc2-n2cnnn2)cc2n1[C@H](c1ncc(-c3ccccc3)[nH]1)CC2. The number of imidazole rings is 1. The number of rotatable bonds is 4. The lowest BCUT2D eigenvalue weighted by molar-refractivity contribution is 0.572.